The van der Waals surface area contributed by atoms with Crippen LogP contribution in [-0.4, -0.2) is 31.5 Å². The Kier molecular flexibility index (Phi) is 9.61. The Bertz CT molecular complexity index is 313. The summed E-state index contributed by atoms with van der Waals surface area (Å²) >= 11 is 0. The van der Waals surface area contributed by atoms with E-state index in [2.05, 4.69) is 95.5 Å². The minimum absolute atomic E-state index is 0.375. The van der Waals surface area contributed by atoms with E-state index in [0.29, 0.717) is 14.2 Å². The molecule has 21 heavy (non-hydrogen) atoms. The van der Waals surface area contributed by atoms with Gasteiger partial charge in [-0.2, -0.15) is 0 Å². The third kappa shape index (κ3) is 5.29. The molecule has 1 aliphatic rings. The minimum atomic E-state index is 0.375. The predicted molar refractivity (Wildman–Crippen MR) is 116 cm³/mol. The summed E-state index contributed by atoms with van der Waals surface area (Å²) < 4.78 is 1.19. The topological polar surface area (TPSA) is 0 Å². The molecule has 0 nitrogen and oxygen atoms in total. The molecule has 0 saturated carbocycles. The molecule has 0 aromatic heterocycles. The highest BCUT2D eigenvalue weighted by molar-refractivity contribution is 8.80. The monoisotopic (exact) mass is 402 g/mol. The lowest BCUT2D eigenvalue weighted by Crippen LogP contribution is -2.54. The third-order valence-electron chi connectivity index (χ3n) is 4.30. The predicted octanol–water partition coefficient (Wildman–Crippen LogP) is 7.65. The van der Waals surface area contributed by atoms with Crippen LogP contribution in [0.2, 0.25) is 0 Å². The summed E-state index contributed by atoms with van der Waals surface area (Å²) in [5.41, 5.74) is 0. The maximum Gasteiger partial charge on any atom is 0.0527 e. The second-order valence-corrected chi connectivity index (χ2v) is 14.8. The van der Waals surface area contributed by atoms with Gasteiger partial charge in [-0.3, -0.25) is 0 Å². The van der Waals surface area contributed by atoms with Crippen molar-refractivity contribution in [3.05, 3.63) is 0 Å². The summed E-state index contributed by atoms with van der Waals surface area (Å²) in [6.07, 6.45) is 3.88. The molecule has 3 unspecified atom stereocenters. The highest BCUT2D eigenvalue weighted by Gasteiger charge is 2.55. The molecule has 1 rings (SSSR count). The smallest absolute Gasteiger partial charge is 0.0527 e. The van der Waals surface area contributed by atoms with E-state index in [4.69, 9.17) is 0 Å². The lowest BCUT2D eigenvalue weighted by atomic mass is 9.82. The first-order valence-electron chi connectivity index (χ1n) is 7.82. The van der Waals surface area contributed by atoms with Gasteiger partial charge >= 0.3 is 0 Å². The lowest BCUT2D eigenvalue weighted by Gasteiger charge is -2.55. The Morgan fingerprint density at radius 2 is 1.52 bits per heavy atom. The molecule has 0 spiro atoms. The average Bonchev–Trinajstić information content (AvgIpc) is 2.49. The fourth-order valence-corrected chi connectivity index (χ4v) is 12.9. The molecular formula is C15H30S6. The molecular weight excluding hydrogens is 373 g/mol. The molecule has 126 valence electrons. The highest BCUT2D eigenvalue weighted by atomic mass is 33.1. The molecule has 0 amide bonds. The maximum atomic E-state index is 2.51. The van der Waals surface area contributed by atoms with E-state index in [-0.39, 0.29) is 0 Å². The van der Waals surface area contributed by atoms with Crippen molar-refractivity contribution in [2.75, 3.05) is 17.3 Å². The van der Waals surface area contributed by atoms with Crippen LogP contribution in [0.5, 0.6) is 0 Å². The summed E-state index contributed by atoms with van der Waals surface area (Å²) in [7, 11) is 12.7. The van der Waals surface area contributed by atoms with Crippen LogP contribution in [0.4, 0.5) is 0 Å². The quantitative estimate of drug-likeness (QED) is 0.285. The number of hydrogen-bond acceptors (Lipinski definition) is 6. The molecule has 1 saturated heterocycles. The zero-order valence-electron chi connectivity index (χ0n) is 14.2. The second kappa shape index (κ2) is 9.55. The van der Waals surface area contributed by atoms with Gasteiger partial charge in [0, 0.05) is 26.8 Å². The average molecular weight is 403 g/mol. The van der Waals surface area contributed by atoms with Crippen molar-refractivity contribution >= 4 is 64.8 Å². The van der Waals surface area contributed by atoms with Crippen LogP contribution >= 0.6 is 64.8 Å². The maximum absolute atomic E-state index is 2.51. The van der Waals surface area contributed by atoms with Crippen molar-refractivity contribution in [1.82, 2.24) is 0 Å². The van der Waals surface area contributed by atoms with Gasteiger partial charge in [0.1, 0.15) is 0 Å². The van der Waals surface area contributed by atoms with Gasteiger partial charge in [0.15, 0.2) is 0 Å². The van der Waals surface area contributed by atoms with Crippen molar-refractivity contribution in [1.29, 1.82) is 0 Å². The normalized spacial score (nSPS) is 36.9. The van der Waals surface area contributed by atoms with E-state index in [1.807, 2.05) is 10.8 Å². The lowest BCUT2D eigenvalue weighted by molar-refractivity contribution is 0.392. The zero-order valence-corrected chi connectivity index (χ0v) is 19.1. The Balaban J connectivity index is 3.02. The summed E-state index contributed by atoms with van der Waals surface area (Å²) in [6.45, 7) is 14.3. The number of rotatable bonds is 9. The van der Waals surface area contributed by atoms with Crippen LogP contribution in [0.1, 0.15) is 60.8 Å². The van der Waals surface area contributed by atoms with Crippen molar-refractivity contribution < 1.29 is 0 Å². The molecule has 1 aliphatic heterocycles. The molecule has 0 radical (unpaired) electrons. The summed E-state index contributed by atoms with van der Waals surface area (Å²) in [6, 6.07) is 0. The van der Waals surface area contributed by atoms with Gasteiger partial charge in [0.05, 0.1) is 4.75 Å². The summed E-state index contributed by atoms with van der Waals surface area (Å²) in [4.78, 5) is 0. The van der Waals surface area contributed by atoms with Crippen LogP contribution in [0.15, 0.2) is 0 Å². The molecule has 0 bridgehead atoms. The second-order valence-electron chi connectivity index (χ2n) is 5.88. The van der Waals surface area contributed by atoms with Crippen LogP contribution in [-0.2, 0) is 0 Å². The fraction of sp³-hybridized carbons (Fsp3) is 1.00. The molecule has 6 heteroatoms. The van der Waals surface area contributed by atoms with E-state index >= 15 is 0 Å². The summed E-state index contributed by atoms with van der Waals surface area (Å²) in [5, 5.41) is 0. The van der Waals surface area contributed by atoms with Crippen LogP contribution in [0, 0.1) is 0 Å². The first-order valence-corrected chi connectivity index (χ1v) is 14.8. The third-order valence-corrected chi connectivity index (χ3v) is 15.1. The van der Waals surface area contributed by atoms with Crippen LogP contribution in [0.3, 0.4) is 0 Å². The van der Waals surface area contributed by atoms with Gasteiger partial charge in [0.2, 0.25) is 0 Å². The minimum Gasteiger partial charge on any atom is -0.0944 e. The SMILES string of the molecule is CCSSCC1(SSCC)CC(C)(CC)SSC1(C)CC. The summed E-state index contributed by atoms with van der Waals surface area (Å²) in [5.74, 6) is 3.69. The molecule has 3 atom stereocenters. The van der Waals surface area contributed by atoms with Crippen molar-refractivity contribution in [2.45, 2.75) is 75.0 Å². The Morgan fingerprint density at radius 3 is 2.05 bits per heavy atom. The Hall–Kier alpha value is 2.10. The standard InChI is InChI=1S/C15H30S6/c1-7-13(5)11-15(21-17-10-4,12-18-16-9-3)14(6,8-2)20-19-13/h7-12H2,1-6H3. The largest absolute Gasteiger partial charge is 0.0944 e. The fourth-order valence-electron chi connectivity index (χ4n) is 2.39. The van der Waals surface area contributed by atoms with E-state index < -0.39 is 0 Å². The van der Waals surface area contributed by atoms with E-state index in [0.717, 1.165) is 0 Å². The number of hydrogen-bond donors (Lipinski definition) is 0. The molecule has 0 aromatic rings. The molecule has 0 N–H and O–H groups in total. The van der Waals surface area contributed by atoms with Crippen molar-refractivity contribution in [2.24, 2.45) is 0 Å². The molecule has 0 aromatic carbocycles. The highest BCUT2D eigenvalue weighted by Crippen LogP contribution is 2.66. The molecule has 0 aliphatic carbocycles. The van der Waals surface area contributed by atoms with E-state index in [1.165, 1.54) is 36.5 Å². The van der Waals surface area contributed by atoms with Gasteiger partial charge in [-0.05, 0) is 33.1 Å². The van der Waals surface area contributed by atoms with Gasteiger partial charge in [0.25, 0.3) is 0 Å². The first kappa shape index (κ1) is 21.1. The Morgan fingerprint density at radius 1 is 0.857 bits per heavy atom. The molecule has 1 fully saturated rings. The van der Waals surface area contributed by atoms with Crippen LogP contribution < -0.4 is 0 Å². The van der Waals surface area contributed by atoms with Gasteiger partial charge in [-0.15, -0.1) is 0 Å². The van der Waals surface area contributed by atoms with Crippen LogP contribution in [0.25, 0.3) is 0 Å². The van der Waals surface area contributed by atoms with Gasteiger partial charge in [-0.25, -0.2) is 0 Å². The Labute approximate surface area is 156 Å². The van der Waals surface area contributed by atoms with Crippen molar-refractivity contribution in [3.8, 4) is 0 Å². The van der Waals surface area contributed by atoms with E-state index in [1.54, 1.807) is 0 Å². The van der Waals surface area contributed by atoms with Crippen molar-refractivity contribution in [3.63, 3.8) is 0 Å². The first-order chi connectivity index (χ1) is 9.91. The van der Waals surface area contributed by atoms with Gasteiger partial charge in [-0.1, -0.05) is 92.5 Å². The van der Waals surface area contributed by atoms with E-state index in [9.17, 15) is 0 Å². The molecule has 1 heterocycles. The van der Waals surface area contributed by atoms with Gasteiger partial charge < -0.3 is 0 Å². The zero-order chi connectivity index (χ0) is 16.0.